The molecule has 1 aromatic heterocycles. The van der Waals surface area contributed by atoms with E-state index in [9.17, 15) is 0 Å². The molecule has 1 aliphatic heterocycles. The summed E-state index contributed by atoms with van der Waals surface area (Å²) in [5.41, 5.74) is 1.29. The van der Waals surface area contributed by atoms with E-state index >= 15 is 0 Å². The summed E-state index contributed by atoms with van der Waals surface area (Å²) in [5, 5.41) is 7.72. The Bertz CT molecular complexity index is 284. The number of hydrogen-bond donors (Lipinski definition) is 1. The Morgan fingerprint density at radius 3 is 3.38 bits per heavy atom. The van der Waals surface area contributed by atoms with Crippen LogP contribution in [0.2, 0.25) is 0 Å². The SMILES string of the molecule is C=CCn1nccc1C1CCCN1. The van der Waals surface area contributed by atoms with E-state index in [1.54, 1.807) is 0 Å². The second-order valence-electron chi connectivity index (χ2n) is 3.38. The average Bonchev–Trinajstić information content (AvgIpc) is 2.71. The highest BCUT2D eigenvalue weighted by molar-refractivity contribution is 5.09. The molecule has 0 aliphatic carbocycles. The second kappa shape index (κ2) is 3.75. The van der Waals surface area contributed by atoms with Gasteiger partial charge in [0.2, 0.25) is 0 Å². The van der Waals surface area contributed by atoms with Crippen molar-refractivity contribution < 1.29 is 0 Å². The summed E-state index contributed by atoms with van der Waals surface area (Å²) in [5.74, 6) is 0. The molecule has 3 heteroatoms. The molecule has 0 radical (unpaired) electrons. The standard InChI is InChI=1S/C10H15N3/c1-2-8-13-10(5-7-12-13)9-4-3-6-11-9/h2,5,7,9,11H,1,3-4,6,8H2. The van der Waals surface area contributed by atoms with Crippen LogP contribution in [0.5, 0.6) is 0 Å². The first-order valence-electron chi connectivity index (χ1n) is 4.78. The maximum Gasteiger partial charge on any atom is 0.0591 e. The molecular weight excluding hydrogens is 162 g/mol. The molecule has 0 amide bonds. The van der Waals surface area contributed by atoms with E-state index < -0.39 is 0 Å². The Morgan fingerprint density at radius 2 is 2.69 bits per heavy atom. The molecule has 1 saturated heterocycles. The van der Waals surface area contributed by atoms with Gasteiger partial charge in [-0.15, -0.1) is 6.58 Å². The van der Waals surface area contributed by atoms with Crippen LogP contribution in [0.1, 0.15) is 24.6 Å². The molecule has 0 aromatic carbocycles. The van der Waals surface area contributed by atoms with Gasteiger partial charge in [0.15, 0.2) is 0 Å². The van der Waals surface area contributed by atoms with Crippen molar-refractivity contribution in [1.29, 1.82) is 0 Å². The van der Waals surface area contributed by atoms with Crippen molar-refractivity contribution >= 4 is 0 Å². The zero-order valence-corrected chi connectivity index (χ0v) is 7.74. The molecule has 0 spiro atoms. The molecule has 13 heavy (non-hydrogen) atoms. The zero-order valence-electron chi connectivity index (χ0n) is 7.74. The molecule has 2 heterocycles. The van der Waals surface area contributed by atoms with Crippen LogP contribution < -0.4 is 5.32 Å². The van der Waals surface area contributed by atoms with E-state index in [1.165, 1.54) is 18.5 Å². The largest absolute Gasteiger partial charge is 0.309 e. The third-order valence-electron chi connectivity index (χ3n) is 2.47. The summed E-state index contributed by atoms with van der Waals surface area (Å²) in [6.07, 6.45) is 6.23. The maximum absolute atomic E-state index is 4.26. The Hall–Kier alpha value is -1.09. The molecular formula is C10H15N3. The van der Waals surface area contributed by atoms with Crippen LogP contribution in [0, 0.1) is 0 Å². The minimum absolute atomic E-state index is 0.502. The first-order chi connectivity index (χ1) is 6.42. The van der Waals surface area contributed by atoms with Crippen molar-refractivity contribution in [1.82, 2.24) is 15.1 Å². The van der Waals surface area contributed by atoms with Gasteiger partial charge in [-0.25, -0.2) is 0 Å². The van der Waals surface area contributed by atoms with E-state index in [0.29, 0.717) is 6.04 Å². The van der Waals surface area contributed by atoms with Gasteiger partial charge in [0.25, 0.3) is 0 Å². The van der Waals surface area contributed by atoms with E-state index in [-0.39, 0.29) is 0 Å². The zero-order chi connectivity index (χ0) is 9.10. The smallest absolute Gasteiger partial charge is 0.0591 e. The maximum atomic E-state index is 4.26. The number of nitrogens with zero attached hydrogens (tertiary/aromatic N) is 2. The molecule has 1 fully saturated rings. The predicted octanol–water partition coefficient (Wildman–Crippen LogP) is 1.49. The van der Waals surface area contributed by atoms with Crippen molar-refractivity contribution in [2.24, 2.45) is 0 Å². The number of allylic oxidation sites excluding steroid dienone is 1. The Labute approximate surface area is 78.4 Å². The van der Waals surface area contributed by atoms with Gasteiger partial charge in [-0.1, -0.05) is 6.08 Å². The van der Waals surface area contributed by atoms with Crippen molar-refractivity contribution in [3.05, 3.63) is 30.6 Å². The fourth-order valence-corrected chi connectivity index (χ4v) is 1.85. The number of rotatable bonds is 3. The summed E-state index contributed by atoms with van der Waals surface area (Å²) in [7, 11) is 0. The fourth-order valence-electron chi connectivity index (χ4n) is 1.85. The van der Waals surface area contributed by atoms with Gasteiger partial charge in [-0.3, -0.25) is 4.68 Å². The molecule has 70 valence electrons. The summed E-state index contributed by atoms with van der Waals surface area (Å²) in [4.78, 5) is 0. The highest BCUT2D eigenvalue weighted by Gasteiger charge is 2.18. The summed E-state index contributed by atoms with van der Waals surface area (Å²) >= 11 is 0. The molecule has 1 aromatic rings. The van der Waals surface area contributed by atoms with Crippen LogP contribution in [-0.2, 0) is 6.54 Å². The summed E-state index contributed by atoms with van der Waals surface area (Å²) < 4.78 is 2.01. The van der Waals surface area contributed by atoms with Gasteiger partial charge < -0.3 is 5.32 Å². The van der Waals surface area contributed by atoms with Crippen LogP contribution in [-0.4, -0.2) is 16.3 Å². The summed E-state index contributed by atoms with van der Waals surface area (Å²) in [6, 6.07) is 2.59. The van der Waals surface area contributed by atoms with Gasteiger partial charge >= 0.3 is 0 Å². The number of hydrogen-bond acceptors (Lipinski definition) is 2. The fraction of sp³-hybridized carbons (Fsp3) is 0.500. The van der Waals surface area contributed by atoms with Crippen LogP contribution in [0.15, 0.2) is 24.9 Å². The quantitative estimate of drug-likeness (QED) is 0.709. The van der Waals surface area contributed by atoms with E-state index in [0.717, 1.165) is 13.1 Å². The molecule has 3 nitrogen and oxygen atoms in total. The number of nitrogens with one attached hydrogen (secondary N) is 1. The Balaban J connectivity index is 2.17. The van der Waals surface area contributed by atoms with Crippen molar-refractivity contribution in [3.8, 4) is 0 Å². The Kier molecular flexibility index (Phi) is 2.45. The molecule has 1 aliphatic rings. The molecule has 1 unspecified atom stereocenters. The highest BCUT2D eigenvalue weighted by atomic mass is 15.3. The lowest BCUT2D eigenvalue weighted by Crippen LogP contribution is -2.17. The second-order valence-corrected chi connectivity index (χ2v) is 3.38. The molecule has 2 rings (SSSR count). The van der Waals surface area contributed by atoms with Gasteiger partial charge in [0.1, 0.15) is 0 Å². The van der Waals surface area contributed by atoms with Crippen molar-refractivity contribution in [3.63, 3.8) is 0 Å². The van der Waals surface area contributed by atoms with Gasteiger partial charge in [-0.05, 0) is 25.5 Å². The van der Waals surface area contributed by atoms with E-state index in [1.807, 2.05) is 17.0 Å². The lowest BCUT2D eigenvalue weighted by molar-refractivity contribution is 0.555. The average molecular weight is 177 g/mol. The lowest BCUT2D eigenvalue weighted by atomic mass is 10.1. The van der Waals surface area contributed by atoms with E-state index in [2.05, 4.69) is 23.1 Å². The van der Waals surface area contributed by atoms with Crippen LogP contribution in [0.3, 0.4) is 0 Å². The van der Waals surface area contributed by atoms with Crippen LogP contribution in [0.4, 0.5) is 0 Å². The first-order valence-corrected chi connectivity index (χ1v) is 4.78. The van der Waals surface area contributed by atoms with Crippen molar-refractivity contribution in [2.45, 2.75) is 25.4 Å². The number of aromatic nitrogens is 2. The Morgan fingerprint density at radius 1 is 1.77 bits per heavy atom. The topological polar surface area (TPSA) is 29.9 Å². The van der Waals surface area contributed by atoms with E-state index in [4.69, 9.17) is 0 Å². The molecule has 1 atom stereocenters. The highest BCUT2D eigenvalue weighted by Crippen LogP contribution is 2.22. The van der Waals surface area contributed by atoms with Gasteiger partial charge in [-0.2, -0.15) is 5.10 Å². The summed E-state index contributed by atoms with van der Waals surface area (Å²) in [6.45, 7) is 5.66. The van der Waals surface area contributed by atoms with Crippen LogP contribution >= 0.6 is 0 Å². The molecule has 0 saturated carbocycles. The molecule has 0 bridgehead atoms. The lowest BCUT2D eigenvalue weighted by Gasteiger charge is -2.11. The minimum Gasteiger partial charge on any atom is -0.309 e. The van der Waals surface area contributed by atoms with Gasteiger partial charge in [0, 0.05) is 12.2 Å². The predicted molar refractivity (Wildman–Crippen MR) is 52.4 cm³/mol. The van der Waals surface area contributed by atoms with Gasteiger partial charge in [0.05, 0.1) is 12.2 Å². The minimum atomic E-state index is 0.502. The normalized spacial score (nSPS) is 22.0. The van der Waals surface area contributed by atoms with Crippen LogP contribution in [0.25, 0.3) is 0 Å². The third-order valence-corrected chi connectivity index (χ3v) is 2.47. The first kappa shape index (κ1) is 8.51. The monoisotopic (exact) mass is 177 g/mol. The molecule has 1 N–H and O–H groups in total. The third kappa shape index (κ3) is 1.65. The van der Waals surface area contributed by atoms with Crippen molar-refractivity contribution in [2.75, 3.05) is 6.54 Å².